The van der Waals surface area contributed by atoms with E-state index in [9.17, 15) is 0 Å². The largest absolute Gasteiger partial charge is 0.492 e. The Morgan fingerprint density at radius 3 is 2.65 bits per heavy atom. The number of ether oxygens (including phenoxy) is 2. The minimum atomic E-state index is -0.169. The normalized spacial score (nSPS) is 13.3. The number of aromatic nitrogens is 1. The van der Waals surface area contributed by atoms with E-state index in [2.05, 4.69) is 25.8 Å². The van der Waals surface area contributed by atoms with Crippen LogP contribution in [-0.2, 0) is 11.2 Å². The molecule has 1 rings (SSSR count). The zero-order chi connectivity index (χ0) is 15.2. The van der Waals surface area contributed by atoms with Gasteiger partial charge in [-0.2, -0.15) is 0 Å². The first-order valence-corrected chi connectivity index (χ1v) is 7.28. The number of rotatable bonds is 8. The van der Waals surface area contributed by atoms with Gasteiger partial charge in [0.25, 0.3) is 0 Å². The number of aryl methyl sites for hydroxylation is 1. The van der Waals surface area contributed by atoms with E-state index in [4.69, 9.17) is 15.2 Å². The van der Waals surface area contributed by atoms with Crippen molar-refractivity contribution in [1.29, 1.82) is 0 Å². The van der Waals surface area contributed by atoms with Crippen LogP contribution < -0.4 is 10.5 Å². The van der Waals surface area contributed by atoms with Gasteiger partial charge in [0.2, 0.25) is 0 Å². The molecule has 0 aliphatic rings. The van der Waals surface area contributed by atoms with Gasteiger partial charge in [-0.25, -0.2) is 0 Å². The van der Waals surface area contributed by atoms with Gasteiger partial charge >= 0.3 is 0 Å². The maximum atomic E-state index is 6.03. The molecule has 0 saturated carbocycles. The summed E-state index contributed by atoms with van der Waals surface area (Å²) in [5.74, 6) is 0.839. The molecule has 0 bridgehead atoms. The maximum absolute atomic E-state index is 6.03. The summed E-state index contributed by atoms with van der Waals surface area (Å²) in [5.41, 5.74) is 7.81. The molecule has 1 atom stereocenters. The molecule has 1 aromatic rings. The second-order valence-electron chi connectivity index (χ2n) is 5.83. The third-order valence-corrected chi connectivity index (χ3v) is 3.57. The van der Waals surface area contributed by atoms with E-state index in [-0.39, 0.29) is 11.6 Å². The van der Waals surface area contributed by atoms with Gasteiger partial charge in [-0.15, -0.1) is 0 Å². The summed E-state index contributed by atoms with van der Waals surface area (Å²) < 4.78 is 11.3. The van der Waals surface area contributed by atoms with Crippen LogP contribution >= 0.6 is 0 Å². The molecule has 4 heteroatoms. The third-order valence-electron chi connectivity index (χ3n) is 3.57. The summed E-state index contributed by atoms with van der Waals surface area (Å²) >= 11 is 0. The lowest BCUT2D eigenvalue weighted by molar-refractivity contribution is 0.00533. The smallest absolute Gasteiger partial charge is 0.140 e. The van der Waals surface area contributed by atoms with Crippen LogP contribution in [0.3, 0.4) is 0 Å². The molecule has 0 saturated heterocycles. The van der Waals surface area contributed by atoms with E-state index in [0.717, 1.165) is 36.4 Å². The third kappa shape index (κ3) is 5.47. The van der Waals surface area contributed by atoms with Gasteiger partial charge in [0.15, 0.2) is 0 Å². The second-order valence-corrected chi connectivity index (χ2v) is 5.83. The van der Waals surface area contributed by atoms with Crippen LogP contribution in [-0.4, -0.2) is 30.3 Å². The predicted molar refractivity (Wildman–Crippen MR) is 82.1 cm³/mol. The Balaban J connectivity index is 2.69. The molecule has 0 aliphatic heterocycles. The van der Waals surface area contributed by atoms with E-state index >= 15 is 0 Å². The van der Waals surface area contributed by atoms with Gasteiger partial charge in [-0.3, -0.25) is 4.98 Å². The summed E-state index contributed by atoms with van der Waals surface area (Å²) in [4.78, 5) is 4.56. The number of hydrogen-bond acceptors (Lipinski definition) is 4. The minimum absolute atomic E-state index is 0.127. The molecule has 0 amide bonds. The lowest BCUT2D eigenvalue weighted by Gasteiger charge is -2.23. The van der Waals surface area contributed by atoms with Crippen LogP contribution in [0.25, 0.3) is 0 Å². The molecule has 2 N–H and O–H groups in total. The monoisotopic (exact) mass is 280 g/mol. The Morgan fingerprint density at radius 1 is 1.35 bits per heavy atom. The molecule has 0 spiro atoms. The molecule has 0 aliphatic carbocycles. The molecule has 1 aromatic heterocycles. The molecule has 0 radical (unpaired) electrons. The molecular weight excluding hydrogens is 252 g/mol. The summed E-state index contributed by atoms with van der Waals surface area (Å²) in [7, 11) is 1.72. The fourth-order valence-corrected chi connectivity index (χ4v) is 1.78. The van der Waals surface area contributed by atoms with Gasteiger partial charge in [-0.1, -0.05) is 6.92 Å². The van der Waals surface area contributed by atoms with E-state index in [0.29, 0.717) is 6.61 Å². The zero-order valence-electron chi connectivity index (χ0n) is 13.4. The molecule has 0 fully saturated rings. The van der Waals surface area contributed by atoms with Crippen molar-refractivity contribution in [2.45, 2.75) is 58.6 Å². The lowest BCUT2D eigenvalue weighted by Crippen LogP contribution is -2.26. The average Bonchev–Trinajstić information content (AvgIpc) is 2.41. The highest BCUT2D eigenvalue weighted by Crippen LogP contribution is 2.21. The van der Waals surface area contributed by atoms with Crippen molar-refractivity contribution in [3.63, 3.8) is 0 Å². The molecule has 1 heterocycles. The Labute approximate surface area is 122 Å². The highest BCUT2D eigenvalue weighted by atomic mass is 16.5. The van der Waals surface area contributed by atoms with E-state index in [1.165, 1.54) is 0 Å². The van der Waals surface area contributed by atoms with Crippen LogP contribution in [0.2, 0.25) is 0 Å². The molecule has 1 unspecified atom stereocenters. The van der Waals surface area contributed by atoms with Crippen LogP contribution in [0.1, 0.15) is 45.0 Å². The standard InChI is InChI=1S/C16H28N2O2/c1-6-13(17)11-14-15(8-7-12(2)18-14)20-10-9-16(3,4)19-5/h7-8,13H,6,9-11,17H2,1-5H3. The Bertz CT molecular complexity index is 419. The number of pyridine rings is 1. The van der Waals surface area contributed by atoms with Crippen molar-refractivity contribution in [3.8, 4) is 5.75 Å². The Kier molecular flexibility index (Phi) is 6.43. The zero-order valence-corrected chi connectivity index (χ0v) is 13.4. The van der Waals surface area contributed by atoms with Crippen LogP contribution in [0.15, 0.2) is 12.1 Å². The van der Waals surface area contributed by atoms with Crippen LogP contribution in [0, 0.1) is 6.92 Å². The van der Waals surface area contributed by atoms with Crippen molar-refractivity contribution in [2.24, 2.45) is 5.73 Å². The summed E-state index contributed by atoms with van der Waals surface area (Å²) in [5, 5.41) is 0. The first kappa shape index (κ1) is 16.9. The van der Waals surface area contributed by atoms with Gasteiger partial charge in [0.1, 0.15) is 5.75 Å². The van der Waals surface area contributed by atoms with Crippen molar-refractivity contribution in [1.82, 2.24) is 4.98 Å². The van der Waals surface area contributed by atoms with Crippen molar-refractivity contribution in [3.05, 3.63) is 23.5 Å². The summed E-state index contributed by atoms with van der Waals surface area (Å²) in [6.45, 7) is 8.79. The molecule has 20 heavy (non-hydrogen) atoms. The molecule has 0 aromatic carbocycles. The van der Waals surface area contributed by atoms with Crippen molar-refractivity contribution < 1.29 is 9.47 Å². The van der Waals surface area contributed by atoms with E-state index < -0.39 is 0 Å². The topological polar surface area (TPSA) is 57.4 Å². The molecule has 4 nitrogen and oxygen atoms in total. The summed E-state index contributed by atoms with van der Waals surface area (Å²) in [6, 6.07) is 4.08. The molecule has 114 valence electrons. The van der Waals surface area contributed by atoms with Gasteiger partial charge in [-0.05, 0) is 39.3 Å². The lowest BCUT2D eigenvalue weighted by atomic mass is 10.1. The van der Waals surface area contributed by atoms with E-state index in [1.807, 2.05) is 19.1 Å². The first-order valence-electron chi connectivity index (χ1n) is 7.28. The van der Waals surface area contributed by atoms with Crippen LogP contribution in [0.5, 0.6) is 5.75 Å². The number of methoxy groups -OCH3 is 1. The Morgan fingerprint density at radius 2 is 2.05 bits per heavy atom. The van der Waals surface area contributed by atoms with Gasteiger partial charge in [0, 0.05) is 31.7 Å². The van der Waals surface area contributed by atoms with Gasteiger partial charge in [0.05, 0.1) is 17.9 Å². The van der Waals surface area contributed by atoms with Crippen LogP contribution in [0.4, 0.5) is 0 Å². The van der Waals surface area contributed by atoms with Crippen molar-refractivity contribution in [2.75, 3.05) is 13.7 Å². The fraction of sp³-hybridized carbons (Fsp3) is 0.688. The number of hydrogen-bond donors (Lipinski definition) is 1. The van der Waals surface area contributed by atoms with E-state index in [1.54, 1.807) is 7.11 Å². The quantitative estimate of drug-likeness (QED) is 0.795. The minimum Gasteiger partial charge on any atom is -0.492 e. The second kappa shape index (κ2) is 7.60. The Hall–Kier alpha value is -1.13. The fourth-order valence-electron chi connectivity index (χ4n) is 1.78. The predicted octanol–water partition coefficient (Wildman–Crippen LogP) is 2.86. The average molecular weight is 280 g/mol. The van der Waals surface area contributed by atoms with Crippen molar-refractivity contribution >= 4 is 0 Å². The van der Waals surface area contributed by atoms with Gasteiger partial charge < -0.3 is 15.2 Å². The molecular formula is C16H28N2O2. The highest BCUT2D eigenvalue weighted by Gasteiger charge is 2.17. The number of nitrogens with zero attached hydrogens (tertiary/aromatic N) is 1. The summed E-state index contributed by atoms with van der Waals surface area (Å²) in [6.07, 6.45) is 2.52. The maximum Gasteiger partial charge on any atom is 0.140 e. The SMILES string of the molecule is CCC(N)Cc1nc(C)ccc1OCCC(C)(C)OC. The first-order chi connectivity index (χ1) is 9.38. The number of nitrogens with two attached hydrogens (primary N) is 1. The highest BCUT2D eigenvalue weighted by molar-refractivity contribution is 5.30.